The Hall–Kier alpha value is -3.64. The summed E-state index contributed by atoms with van der Waals surface area (Å²) < 4.78 is 5.74. The number of rotatable bonds is 6. The average Bonchev–Trinajstić information content (AvgIpc) is 3.22. The van der Waals surface area contributed by atoms with Gasteiger partial charge in [-0.1, -0.05) is 60.7 Å². The largest absolute Gasteiger partial charge is 0.444 e. The molecule has 0 spiro atoms. The highest BCUT2D eigenvalue weighted by molar-refractivity contribution is 9.10. The molecular formula is C25H19BrN2O3. The fourth-order valence-corrected chi connectivity index (χ4v) is 3.48. The zero-order valence-corrected chi connectivity index (χ0v) is 18.1. The van der Waals surface area contributed by atoms with Gasteiger partial charge in [0.15, 0.2) is 10.4 Å². The maximum Gasteiger partial charge on any atom is 0.291 e. The molecule has 0 bridgehead atoms. The van der Waals surface area contributed by atoms with Crippen molar-refractivity contribution in [2.24, 2.45) is 0 Å². The second-order valence-corrected chi connectivity index (χ2v) is 7.67. The first-order valence-electron chi connectivity index (χ1n) is 9.68. The second-order valence-electron chi connectivity index (χ2n) is 6.89. The number of nitrogens with one attached hydrogen (secondary N) is 2. The molecule has 0 fully saturated rings. The van der Waals surface area contributed by atoms with E-state index < -0.39 is 0 Å². The van der Waals surface area contributed by atoms with Gasteiger partial charge in [-0.25, -0.2) is 0 Å². The number of para-hydroxylation sites is 1. The summed E-state index contributed by atoms with van der Waals surface area (Å²) >= 11 is 3.17. The van der Waals surface area contributed by atoms with E-state index in [1.807, 2.05) is 66.7 Å². The molecule has 3 aromatic carbocycles. The van der Waals surface area contributed by atoms with Crippen molar-refractivity contribution >= 4 is 39.1 Å². The Morgan fingerprint density at radius 1 is 0.774 bits per heavy atom. The molecule has 1 heterocycles. The van der Waals surface area contributed by atoms with Gasteiger partial charge in [0.05, 0.1) is 6.42 Å². The number of hydrogen-bond donors (Lipinski definition) is 2. The number of carbonyl (C=O) groups excluding carboxylic acids is 2. The van der Waals surface area contributed by atoms with Crippen molar-refractivity contribution in [1.82, 2.24) is 0 Å². The van der Waals surface area contributed by atoms with Crippen molar-refractivity contribution in [3.63, 3.8) is 0 Å². The number of carbonyl (C=O) groups is 2. The lowest BCUT2D eigenvalue weighted by Crippen LogP contribution is -2.15. The lowest BCUT2D eigenvalue weighted by atomic mass is 10.0. The molecule has 4 aromatic rings. The van der Waals surface area contributed by atoms with Crippen LogP contribution in [0.25, 0.3) is 11.1 Å². The van der Waals surface area contributed by atoms with Crippen molar-refractivity contribution in [1.29, 1.82) is 0 Å². The van der Waals surface area contributed by atoms with E-state index >= 15 is 0 Å². The molecule has 1 aromatic heterocycles. The molecule has 2 amide bonds. The first-order valence-corrected chi connectivity index (χ1v) is 10.5. The van der Waals surface area contributed by atoms with Gasteiger partial charge >= 0.3 is 0 Å². The molecule has 6 heteroatoms. The van der Waals surface area contributed by atoms with Crippen LogP contribution in [0.4, 0.5) is 11.4 Å². The maximum absolute atomic E-state index is 12.6. The van der Waals surface area contributed by atoms with Gasteiger partial charge in [-0.05, 0) is 57.4 Å². The Morgan fingerprint density at radius 2 is 1.48 bits per heavy atom. The number of anilines is 2. The quantitative estimate of drug-likeness (QED) is 0.352. The van der Waals surface area contributed by atoms with E-state index in [9.17, 15) is 9.59 Å². The van der Waals surface area contributed by atoms with Gasteiger partial charge in [0.25, 0.3) is 5.91 Å². The molecular weight excluding hydrogens is 456 g/mol. The van der Waals surface area contributed by atoms with Crippen LogP contribution in [0.1, 0.15) is 16.1 Å². The normalized spacial score (nSPS) is 10.5. The predicted molar refractivity (Wildman–Crippen MR) is 125 cm³/mol. The Kier molecular flexibility index (Phi) is 6.29. The zero-order valence-electron chi connectivity index (χ0n) is 16.5. The van der Waals surface area contributed by atoms with E-state index in [2.05, 4.69) is 26.6 Å². The highest BCUT2D eigenvalue weighted by Crippen LogP contribution is 2.27. The third-order valence-corrected chi connectivity index (χ3v) is 5.09. The van der Waals surface area contributed by atoms with Gasteiger partial charge in [0.1, 0.15) is 0 Å². The van der Waals surface area contributed by atoms with Crippen molar-refractivity contribution in [2.45, 2.75) is 6.42 Å². The number of halogens is 1. The van der Waals surface area contributed by atoms with Crippen LogP contribution in [0.5, 0.6) is 0 Å². The van der Waals surface area contributed by atoms with Crippen molar-refractivity contribution in [2.75, 3.05) is 10.6 Å². The summed E-state index contributed by atoms with van der Waals surface area (Å²) in [7, 11) is 0. The number of hydrogen-bond acceptors (Lipinski definition) is 3. The summed E-state index contributed by atoms with van der Waals surface area (Å²) in [5.74, 6) is -0.235. The molecule has 0 aliphatic rings. The molecule has 0 radical (unpaired) electrons. The summed E-state index contributed by atoms with van der Waals surface area (Å²) in [4.78, 5) is 24.8. The van der Waals surface area contributed by atoms with Crippen molar-refractivity contribution in [3.05, 3.63) is 107 Å². The minimum atomic E-state index is -0.339. The highest BCUT2D eigenvalue weighted by Gasteiger charge is 2.12. The molecule has 5 nitrogen and oxygen atoms in total. The topological polar surface area (TPSA) is 71.3 Å². The Balaban J connectivity index is 1.39. The minimum Gasteiger partial charge on any atom is -0.444 e. The number of benzene rings is 3. The van der Waals surface area contributed by atoms with Gasteiger partial charge in [-0.15, -0.1) is 0 Å². The summed E-state index contributed by atoms with van der Waals surface area (Å²) in [6, 6.07) is 28.1. The van der Waals surface area contributed by atoms with Crippen LogP contribution in [0.2, 0.25) is 0 Å². The fraction of sp³-hybridized carbons (Fsp3) is 0.0400. The zero-order chi connectivity index (χ0) is 21.6. The van der Waals surface area contributed by atoms with Crippen LogP contribution in [-0.4, -0.2) is 11.8 Å². The molecule has 2 N–H and O–H groups in total. The third-order valence-electron chi connectivity index (χ3n) is 4.66. The molecule has 0 saturated heterocycles. The second kappa shape index (κ2) is 9.45. The van der Waals surface area contributed by atoms with Crippen LogP contribution in [0, 0.1) is 0 Å². The Bertz CT molecular complexity index is 1200. The number of furan rings is 1. The van der Waals surface area contributed by atoms with E-state index in [1.165, 1.54) is 0 Å². The maximum atomic E-state index is 12.6. The molecule has 31 heavy (non-hydrogen) atoms. The summed E-state index contributed by atoms with van der Waals surface area (Å²) in [5, 5.41) is 5.77. The SMILES string of the molecule is O=C(Cc1ccc(NC(=O)c2ccc(Br)o2)cc1)Nc1ccccc1-c1ccccc1. The lowest BCUT2D eigenvalue weighted by molar-refractivity contribution is -0.115. The van der Waals surface area contributed by atoms with Crippen LogP contribution < -0.4 is 10.6 Å². The van der Waals surface area contributed by atoms with E-state index in [-0.39, 0.29) is 24.0 Å². The van der Waals surface area contributed by atoms with Crippen molar-refractivity contribution < 1.29 is 14.0 Å². The van der Waals surface area contributed by atoms with Crippen LogP contribution in [0.15, 0.2) is 100 Å². The molecule has 0 aliphatic carbocycles. The van der Waals surface area contributed by atoms with E-state index in [0.717, 1.165) is 22.4 Å². The molecule has 154 valence electrons. The van der Waals surface area contributed by atoms with Crippen molar-refractivity contribution in [3.8, 4) is 11.1 Å². The minimum absolute atomic E-state index is 0.111. The van der Waals surface area contributed by atoms with E-state index in [1.54, 1.807) is 24.3 Å². The van der Waals surface area contributed by atoms with Crippen LogP contribution in [0.3, 0.4) is 0 Å². The predicted octanol–water partition coefficient (Wildman–Crippen LogP) is 6.14. The lowest BCUT2D eigenvalue weighted by Gasteiger charge is -2.11. The molecule has 4 rings (SSSR count). The first kappa shape index (κ1) is 20.6. The Morgan fingerprint density at radius 3 is 2.19 bits per heavy atom. The van der Waals surface area contributed by atoms with Crippen LogP contribution in [-0.2, 0) is 11.2 Å². The summed E-state index contributed by atoms with van der Waals surface area (Å²) in [5.41, 5.74) is 4.25. The van der Waals surface area contributed by atoms with Gasteiger partial charge in [0.2, 0.25) is 5.91 Å². The molecule has 0 atom stereocenters. The first-order chi connectivity index (χ1) is 15.1. The summed E-state index contributed by atoms with van der Waals surface area (Å²) in [6.45, 7) is 0. The average molecular weight is 475 g/mol. The van der Waals surface area contributed by atoms with Gasteiger partial charge in [-0.2, -0.15) is 0 Å². The summed E-state index contributed by atoms with van der Waals surface area (Å²) in [6.07, 6.45) is 0.225. The van der Waals surface area contributed by atoms with Gasteiger partial charge < -0.3 is 15.1 Å². The fourth-order valence-electron chi connectivity index (χ4n) is 3.18. The van der Waals surface area contributed by atoms with Crippen LogP contribution >= 0.6 is 15.9 Å². The standard InChI is InChI=1S/C25H19BrN2O3/c26-23-15-14-22(31-23)25(30)27-19-12-10-17(11-13-19)16-24(29)28-21-9-5-4-8-20(21)18-6-2-1-3-7-18/h1-15H,16H2,(H,27,30)(H,28,29). The smallest absolute Gasteiger partial charge is 0.291 e. The van der Waals surface area contributed by atoms with Gasteiger partial charge in [0, 0.05) is 16.9 Å². The Labute approximate surface area is 188 Å². The number of amides is 2. The van der Waals surface area contributed by atoms with E-state index in [0.29, 0.717) is 10.4 Å². The molecule has 0 unspecified atom stereocenters. The molecule has 0 aliphatic heterocycles. The molecule has 0 saturated carbocycles. The third kappa shape index (κ3) is 5.29. The monoisotopic (exact) mass is 474 g/mol. The van der Waals surface area contributed by atoms with E-state index in [4.69, 9.17) is 4.42 Å². The van der Waals surface area contributed by atoms with Gasteiger partial charge in [-0.3, -0.25) is 9.59 Å². The highest BCUT2D eigenvalue weighted by atomic mass is 79.9.